The second-order valence-corrected chi connectivity index (χ2v) is 12.4. The number of nitrogens with one attached hydrogen (secondary N) is 3. The Morgan fingerprint density at radius 2 is 1.81 bits per heavy atom. The first kappa shape index (κ1) is 28.6. The van der Waals surface area contributed by atoms with Crippen LogP contribution in [0.5, 0.6) is 0 Å². The fraction of sp³-hybridized carbons (Fsp3) is 0.286. The van der Waals surface area contributed by atoms with Crippen LogP contribution in [-0.2, 0) is 12.0 Å². The molecular formula is C35H39N7O. The van der Waals surface area contributed by atoms with Crippen LogP contribution in [-0.4, -0.2) is 50.9 Å². The zero-order valence-electron chi connectivity index (χ0n) is 25.3. The largest absolute Gasteiger partial charge is 0.337 e. The number of fused-ring (bicyclic) bond motifs is 1. The number of carbonyl (C=O) groups excluding carboxylic acids is 1. The minimum Gasteiger partial charge on any atom is -0.337 e. The Morgan fingerprint density at radius 1 is 1.02 bits per heavy atom. The lowest BCUT2D eigenvalue weighted by Crippen LogP contribution is -2.48. The lowest BCUT2D eigenvalue weighted by atomic mass is 9.87. The summed E-state index contributed by atoms with van der Waals surface area (Å²) >= 11 is 0. The normalized spacial score (nSPS) is 15.9. The molecule has 1 atom stereocenters. The zero-order valence-corrected chi connectivity index (χ0v) is 25.3. The summed E-state index contributed by atoms with van der Waals surface area (Å²) in [5, 5.41) is 10.0. The van der Waals surface area contributed by atoms with Gasteiger partial charge in [-0.05, 0) is 59.9 Å². The first-order valence-corrected chi connectivity index (χ1v) is 14.9. The number of hydrogen-bond donors (Lipinski definition) is 3. The molecule has 0 aliphatic carbocycles. The van der Waals surface area contributed by atoms with E-state index in [0.29, 0.717) is 23.1 Å². The van der Waals surface area contributed by atoms with Crippen molar-refractivity contribution in [3.63, 3.8) is 0 Å². The van der Waals surface area contributed by atoms with Crippen LogP contribution < -0.4 is 16.0 Å². The Morgan fingerprint density at radius 3 is 2.56 bits per heavy atom. The summed E-state index contributed by atoms with van der Waals surface area (Å²) in [5.74, 6) is 0.521. The Balaban J connectivity index is 1.19. The molecule has 8 nitrogen and oxygen atoms in total. The van der Waals surface area contributed by atoms with Crippen LogP contribution >= 0.6 is 0 Å². The van der Waals surface area contributed by atoms with Gasteiger partial charge >= 0.3 is 0 Å². The van der Waals surface area contributed by atoms with E-state index in [9.17, 15) is 4.79 Å². The van der Waals surface area contributed by atoms with E-state index in [1.807, 2.05) is 65.3 Å². The molecule has 3 aromatic carbocycles. The van der Waals surface area contributed by atoms with Crippen LogP contribution in [0.25, 0.3) is 16.9 Å². The molecule has 0 bridgehead atoms. The van der Waals surface area contributed by atoms with Gasteiger partial charge < -0.3 is 20.4 Å². The van der Waals surface area contributed by atoms with Crippen LogP contribution in [0.1, 0.15) is 49.2 Å². The van der Waals surface area contributed by atoms with E-state index in [1.54, 1.807) is 6.20 Å². The lowest BCUT2D eigenvalue weighted by Gasteiger charge is -2.31. The van der Waals surface area contributed by atoms with Crippen molar-refractivity contribution in [3.8, 4) is 11.3 Å². The van der Waals surface area contributed by atoms with E-state index >= 15 is 0 Å². The van der Waals surface area contributed by atoms with E-state index < -0.39 is 0 Å². The highest BCUT2D eigenvalue weighted by Gasteiger charge is 2.17. The minimum absolute atomic E-state index is 0.0354. The standard InChI is InChI=1S/C35H39N7O/c1-24-21-41(18-16-36-24)22-25-8-14-29(15-9-25)38-32-33-37-17-19-42(33)23-31(40-32)27-6-5-7-30(20-27)39-34(43)26-10-12-28(13-11-26)35(2,3)4/h5-15,17,19-20,23-24,36H,16,18,21-22H2,1-4H3,(H,38,40)(H,39,43). The highest BCUT2D eigenvalue weighted by atomic mass is 16.1. The highest BCUT2D eigenvalue weighted by molar-refractivity contribution is 6.04. The number of nitrogens with zero attached hydrogens (tertiary/aromatic N) is 4. The number of amides is 1. The predicted octanol–water partition coefficient (Wildman–Crippen LogP) is 6.48. The monoisotopic (exact) mass is 573 g/mol. The summed E-state index contributed by atoms with van der Waals surface area (Å²) < 4.78 is 1.96. The molecule has 6 rings (SSSR count). The Labute approximate surface area is 253 Å². The first-order valence-electron chi connectivity index (χ1n) is 14.9. The van der Waals surface area contributed by atoms with Crippen molar-refractivity contribution in [3.05, 3.63) is 108 Å². The molecule has 1 unspecified atom stereocenters. The number of benzene rings is 3. The molecule has 0 spiro atoms. The first-order chi connectivity index (χ1) is 20.7. The molecule has 3 heterocycles. The number of piperazine rings is 1. The van der Waals surface area contributed by atoms with E-state index in [-0.39, 0.29) is 11.3 Å². The third-order valence-electron chi connectivity index (χ3n) is 7.88. The molecule has 43 heavy (non-hydrogen) atoms. The van der Waals surface area contributed by atoms with Crippen molar-refractivity contribution in [1.82, 2.24) is 24.6 Å². The molecule has 0 radical (unpaired) electrons. The minimum atomic E-state index is -0.145. The van der Waals surface area contributed by atoms with Gasteiger partial charge in [0.25, 0.3) is 5.91 Å². The van der Waals surface area contributed by atoms with Gasteiger partial charge in [-0.15, -0.1) is 0 Å². The van der Waals surface area contributed by atoms with Gasteiger partial charge in [-0.25, -0.2) is 9.97 Å². The SMILES string of the molecule is CC1CN(Cc2ccc(Nc3nc(-c4cccc(NC(=O)c5ccc(C(C)(C)C)cc5)c4)cn4ccnc34)cc2)CCN1. The van der Waals surface area contributed by atoms with Gasteiger partial charge in [0.1, 0.15) is 0 Å². The van der Waals surface area contributed by atoms with Crippen LogP contribution in [0.3, 0.4) is 0 Å². The number of hydrogen-bond acceptors (Lipinski definition) is 6. The lowest BCUT2D eigenvalue weighted by molar-refractivity contribution is 0.102. The van der Waals surface area contributed by atoms with Crippen molar-refractivity contribution in [2.75, 3.05) is 30.3 Å². The van der Waals surface area contributed by atoms with Gasteiger partial charge in [0.15, 0.2) is 11.5 Å². The van der Waals surface area contributed by atoms with Gasteiger partial charge in [-0.2, -0.15) is 0 Å². The number of imidazole rings is 1. The van der Waals surface area contributed by atoms with Crippen molar-refractivity contribution in [2.45, 2.75) is 45.7 Å². The average Bonchev–Trinajstić information content (AvgIpc) is 3.47. The Bertz CT molecular complexity index is 1720. The molecule has 0 saturated carbocycles. The van der Waals surface area contributed by atoms with Crippen LogP contribution in [0, 0.1) is 0 Å². The van der Waals surface area contributed by atoms with Crippen LogP contribution in [0.2, 0.25) is 0 Å². The fourth-order valence-electron chi connectivity index (χ4n) is 5.48. The third-order valence-corrected chi connectivity index (χ3v) is 7.88. The van der Waals surface area contributed by atoms with E-state index in [1.165, 1.54) is 11.1 Å². The van der Waals surface area contributed by atoms with E-state index in [4.69, 9.17) is 4.98 Å². The van der Waals surface area contributed by atoms with Gasteiger partial charge in [0.05, 0.1) is 5.69 Å². The van der Waals surface area contributed by atoms with Crippen molar-refractivity contribution in [1.29, 1.82) is 0 Å². The molecule has 220 valence electrons. The predicted molar refractivity (Wildman–Crippen MR) is 174 cm³/mol. The van der Waals surface area contributed by atoms with Crippen molar-refractivity contribution < 1.29 is 4.79 Å². The second kappa shape index (κ2) is 12.0. The average molecular weight is 574 g/mol. The molecular weight excluding hydrogens is 534 g/mol. The molecule has 2 aromatic heterocycles. The van der Waals surface area contributed by atoms with Crippen molar-refractivity contribution >= 4 is 28.7 Å². The zero-order chi connectivity index (χ0) is 30.0. The molecule has 3 N–H and O–H groups in total. The topological polar surface area (TPSA) is 86.6 Å². The molecule has 1 aliphatic rings. The summed E-state index contributed by atoms with van der Waals surface area (Å²) in [6, 6.07) is 24.6. The smallest absolute Gasteiger partial charge is 0.255 e. The molecule has 1 amide bonds. The molecule has 1 aliphatic heterocycles. The summed E-state index contributed by atoms with van der Waals surface area (Å²) in [7, 11) is 0. The summed E-state index contributed by atoms with van der Waals surface area (Å²) in [6.07, 6.45) is 5.64. The molecule has 5 aromatic rings. The summed E-state index contributed by atoms with van der Waals surface area (Å²) in [5.41, 5.74) is 7.19. The number of aromatic nitrogens is 3. The highest BCUT2D eigenvalue weighted by Crippen LogP contribution is 2.27. The molecule has 1 fully saturated rings. The fourth-order valence-corrected chi connectivity index (χ4v) is 5.48. The number of rotatable bonds is 7. The molecule has 8 heteroatoms. The maximum absolute atomic E-state index is 13.0. The summed E-state index contributed by atoms with van der Waals surface area (Å²) in [4.78, 5) is 25.0. The van der Waals surface area contributed by atoms with Crippen molar-refractivity contribution in [2.24, 2.45) is 0 Å². The van der Waals surface area contributed by atoms with Gasteiger partial charge in [0.2, 0.25) is 0 Å². The van der Waals surface area contributed by atoms with Crippen LogP contribution in [0.15, 0.2) is 91.4 Å². The number of anilines is 3. The number of carbonyl (C=O) groups is 1. The van der Waals surface area contributed by atoms with Gasteiger partial charge in [0, 0.05) is 73.3 Å². The Hall–Kier alpha value is -4.53. The quantitative estimate of drug-likeness (QED) is 0.207. The van der Waals surface area contributed by atoms with E-state index in [2.05, 4.69) is 77.8 Å². The summed E-state index contributed by atoms with van der Waals surface area (Å²) in [6.45, 7) is 12.8. The van der Waals surface area contributed by atoms with Gasteiger partial charge in [-0.1, -0.05) is 57.2 Å². The maximum Gasteiger partial charge on any atom is 0.255 e. The van der Waals surface area contributed by atoms with Crippen LogP contribution in [0.4, 0.5) is 17.2 Å². The molecule has 1 saturated heterocycles. The van der Waals surface area contributed by atoms with Gasteiger partial charge in [-0.3, -0.25) is 9.69 Å². The second-order valence-electron chi connectivity index (χ2n) is 12.4. The van der Waals surface area contributed by atoms with E-state index in [0.717, 1.165) is 48.8 Å². The Kier molecular flexibility index (Phi) is 7.97. The maximum atomic E-state index is 13.0. The third kappa shape index (κ3) is 6.77.